The van der Waals surface area contributed by atoms with Gasteiger partial charge in [-0.2, -0.15) is 11.8 Å². The molecule has 0 bridgehead atoms. The van der Waals surface area contributed by atoms with Crippen LogP contribution >= 0.6 is 11.8 Å². The van der Waals surface area contributed by atoms with E-state index in [1.54, 1.807) is 6.26 Å². The fraction of sp³-hybridized carbons (Fsp3) is 0.632. The first-order valence-corrected chi connectivity index (χ1v) is 11.8. The Balaban J connectivity index is 5.46. The minimum absolute atomic E-state index is 0.0484. The molecule has 0 rings (SSSR count). The van der Waals surface area contributed by atoms with Crippen LogP contribution in [0.5, 0.6) is 0 Å². The van der Waals surface area contributed by atoms with Crippen molar-refractivity contribution in [1.82, 2.24) is 16.0 Å². The molecule has 4 atom stereocenters. The first-order valence-electron chi connectivity index (χ1n) is 10.4. The van der Waals surface area contributed by atoms with Crippen molar-refractivity contribution in [1.29, 1.82) is 0 Å². The number of aliphatic carboxylic acids is 2. The van der Waals surface area contributed by atoms with Gasteiger partial charge in [0.1, 0.15) is 18.1 Å². The maximum atomic E-state index is 12.7. The second-order valence-electron chi connectivity index (χ2n) is 7.52. The van der Waals surface area contributed by atoms with Gasteiger partial charge in [-0.15, -0.1) is 0 Å². The van der Waals surface area contributed by atoms with Gasteiger partial charge in [0.05, 0.1) is 12.5 Å². The zero-order valence-electron chi connectivity index (χ0n) is 19.2. The van der Waals surface area contributed by atoms with Crippen molar-refractivity contribution in [2.24, 2.45) is 17.2 Å². The molecule has 0 spiro atoms. The lowest BCUT2D eigenvalue weighted by Crippen LogP contribution is -2.57. The van der Waals surface area contributed by atoms with Crippen molar-refractivity contribution in [3.63, 3.8) is 0 Å². The minimum atomic E-state index is -1.62. The van der Waals surface area contributed by atoms with Gasteiger partial charge < -0.3 is 43.4 Å². The number of hydrogen-bond acceptors (Lipinski definition) is 9. The van der Waals surface area contributed by atoms with Gasteiger partial charge >= 0.3 is 11.9 Å². The van der Waals surface area contributed by atoms with Crippen molar-refractivity contribution in [2.75, 3.05) is 12.0 Å². The third-order valence-corrected chi connectivity index (χ3v) is 5.23. The number of carboxylic acids is 2. The van der Waals surface area contributed by atoms with Crippen molar-refractivity contribution in [3.05, 3.63) is 0 Å². The van der Waals surface area contributed by atoms with Crippen LogP contribution in [0.3, 0.4) is 0 Å². The Labute approximate surface area is 205 Å². The summed E-state index contributed by atoms with van der Waals surface area (Å²) >= 11 is 1.33. The molecular formula is C19H32N6O9S. The predicted molar refractivity (Wildman–Crippen MR) is 124 cm³/mol. The molecule has 0 fully saturated rings. The first-order chi connectivity index (χ1) is 16.3. The summed E-state index contributed by atoms with van der Waals surface area (Å²) in [5, 5.41) is 25.1. The van der Waals surface area contributed by atoms with E-state index in [-0.39, 0.29) is 32.1 Å². The number of rotatable bonds is 18. The van der Waals surface area contributed by atoms with Crippen LogP contribution in [0.2, 0.25) is 0 Å². The first kappa shape index (κ1) is 31.6. The van der Waals surface area contributed by atoms with E-state index in [9.17, 15) is 38.7 Å². The summed E-state index contributed by atoms with van der Waals surface area (Å²) < 4.78 is 0. The number of carbonyl (C=O) groups excluding carboxylic acids is 5. The van der Waals surface area contributed by atoms with Gasteiger partial charge in [0.2, 0.25) is 29.5 Å². The van der Waals surface area contributed by atoms with Gasteiger partial charge in [0, 0.05) is 12.8 Å². The molecule has 0 aliphatic rings. The number of amides is 5. The minimum Gasteiger partial charge on any atom is -0.481 e. The van der Waals surface area contributed by atoms with Crippen LogP contribution in [-0.2, 0) is 33.6 Å². The summed E-state index contributed by atoms with van der Waals surface area (Å²) in [4.78, 5) is 82.1. The topological polar surface area (TPSA) is 274 Å². The molecule has 0 saturated heterocycles. The van der Waals surface area contributed by atoms with E-state index in [2.05, 4.69) is 16.0 Å². The van der Waals surface area contributed by atoms with Crippen LogP contribution in [0, 0.1) is 0 Å². The molecule has 35 heavy (non-hydrogen) atoms. The monoisotopic (exact) mass is 520 g/mol. The smallest absolute Gasteiger partial charge is 0.326 e. The summed E-state index contributed by atoms with van der Waals surface area (Å²) in [7, 11) is 0. The van der Waals surface area contributed by atoms with Crippen molar-refractivity contribution >= 4 is 53.2 Å². The number of nitrogens with two attached hydrogens (primary N) is 3. The van der Waals surface area contributed by atoms with Crippen molar-refractivity contribution in [3.8, 4) is 0 Å². The number of carboxylic acid groups (broad SMARTS) is 2. The van der Waals surface area contributed by atoms with Crippen LogP contribution in [0.25, 0.3) is 0 Å². The van der Waals surface area contributed by atoms with Crippen LogP contribution < -0.4 is 33.2 Å². The third kappa shape index (κ3) is 13.8. The lowest BCUT2D eigenvalue weighted by molar-refractivity contribution is -0.143. The average Bonchev–Trinajstić information content (AvgIpc) is 2.75. The number of thioether (sulfide) groups is 1. The maximum Gasteiger partial charge on any atom is 0.326 e. The van der Waals surface area contributed by atoms with Gasteiger partial charge in [-0.1, -0.05) is 0 Å². The van der Waals surface area contributed by atoms with E-state index in [0.29, 0.717) is 5.75 Å². The average molecular weight is 521 g/mol. The molecular weight excluding hydrogens is 488 g/mol. The Bertz CT molecular complexity index is 810. The van der Waals surface area contributed by atoms with E-state index >= 15 is 0 Å². The van der Waals surface area contributed by atoms with E-state index in [4.69, 9.17) is 22.3 Å². The van der Waals surface area contributed by atoms with E-state index in [0.717, 1.165) is 0 Å². The van der Waals surface area contributed by atoms with Gasteiger partial charge in [0.15, 0.2) is 0 Å². The molecule has 0 aromatic carbocycles. The molecule has 5 amide bonds. The molecule has 11 N–H and O–H groups in total. The lowest BCUT2D eigenvalue weighted by atomic mass is 10.1. The van der Waals surface area contributed by atoms with Crippen LogP contribution in [0.4, 0.5) is 0 Å². The third-order valence-electron chi connectivity index (χ3n) is 4.59. The second-order valence-corrected chi connectivity index (χ2v) is 8.50. The lowest BCUT2D eigenvalue weighted by Gasteiger charge is -2.24. The molecule has 0 heterocycles. The molecule has 0 aromatic heterocycles. The van der Waals surface area contributed by atoms with Crippen LogP contribution in [-0.4, -0.2) is 87.9 Å². The number of carbonyl (C=O) groups is 7. The van der Waals surface area contributed by atoms with E-state index in [1.165, 1.54) is 11.8 Å². The fourth-order valence-electron chi connectivity index (χ4n) is 2.68. The highest BCUT2D eigenvalue weighted by Crippen LogP contribution is 2.06. The van der Waals surface area contributed by atoms with Gasteiger partial charge in [0.25, 0.3) is 0 Å². The molecule has 0 aliphatic carbocycles. The van der Waals surface area contributed by atoms with Gasteiger partial charge in [-0.05, 0) is 31.3 Å². The summed E-state index contributed by atoms with van der Waals surface area (Å²) in [6, 6.07) is -5.60. The Kier molecular flexibility index (Phi) is 14.7. The Morgan fingerprint density at radius 1 is 0.743 bits per heavy atom. The number of primary amides is 2. The predicted octanol–water partition coefficient (Wildman–Crippen LogP) is -3.39. The van der Waals surface area contributed by atoms with Gasteiger partial charge in [-0.25, -0.2) is 4.79 Å². The highest BCUT2D eigenvalue weighted by molar-refractivity contribution is 7.98. The highest BCUT2D eigenvalue weighted by Gasteiger charge is 2.31. The summed E-state index contributed by atoms with van der Waals surface area (Å²) in [5.41, 5.74) is 15.6. The van der Waals surface area contributed by atoms with Crippen LogP contribution in [0.15, 0.2) is 0 Å². The standard InChI is InChI=1S/C19H32N6O9S/c1-35-7-6-10(17(31)24-11(19(33)34)3-5-14(22)27)23-18(32)12(8-15(28)29)25-16(30)9(20)2-4-13(21)26/h9-12H,2-8,20H2,1H3,(H2,21,26)(H2,22,27)(H,23,32)(H,24,31)(H,25,30)(H,28,29)(H,33,34). The maximum absolute atomic E-state index is 12.7. The number of hydrogen-bond donors (Lipinski definition) is 8. The molecule has 198 valence electrons. The largest absolute Gasteiger partial charge is 0.481 e. The number of nitrogens with one attached hydrogen (secondary N) is 3. The molecule has 0 saturated carbocycles. The SMILES string of the molecule is CSCCC(NC(=O)C(CC(=O)O)NC(=O)C(N)CCC(N)=O)C(=O)NC(CCC(N)=O)C(=O)O. The second kappa shape index (κ2) is 16.3. The van der Waals surface area contributed by atoms with Gasteiger partial charge in [-0.3, -0.25) is 28.8 Å². The van der Waals surface area contributed by atoms with Crippen molar-refractivity contribution in [2.45, 2.75) is 62.7 Å². The molecule has 0 aromatic rings. The summed E-state index contributed by atoms with van der Waals surface area (Å²) in [6.07, 6.45) is 0.0120. The van der Waals surface area contributed by atoms with E-state index in [1.807, 2.05) is 0 Å². The van der Waals surface area contributed by atoms with Crippen LogP contribution in [0.1, 0.15) is 38.5 Å². The highest BCUT2D eigenvalue weighted by atomic mass is 32.2. The Morgan fingerprint density at radius 2 is 1.23 bits per heavy atom. The molecule has 0 radical (unpaired) electrons. The zero-order chi connectivity index (χ0) is 27.1. The quantitative estimate of drug-likeness (QED) is 0.0882. The fourth-order valence-corrected chi connectivity index (χ4v) is 3.16. The molecule has 16 heteroatoms. The zero-order valence-corrected chi connectivity index (χ0v) is 20.0. The molecule has 4 unspecified atom stereocenters. The molecule has 15 nitrogen and oxygen atoms in total. The normalized spacial score (nSPS) is 14.0. The Morgan fingerprint density at radius 3 is 1.71 bits per heavy atom. The summed E-state index contributed by atoms with van der Waals surface area (Å²) in [5.74, 6) is -6.77. The van der Waals surface area contributed by atoms with Crippen molar-refractivity contribution < 1.29 is 43.8 Å². The summed E-state index contributed by atoms with van der Waals surface area (Å²) in [6.45, 7) is 0. The van der Waals surface area contributed by atoms with E-state index < -0.39 is 72.1 Å². The molecule has 0 aliphatic heterocycles. The Hall–Kier alpha value is -3.40.